The number of benzene rings is 3. The van der Waals surface area contributed by atoms with E-state index < -0.39 is 28.5 Å². The Morgan fingerprint density at radius 3 is 2.07 bits per heavy atom. The van der Waals surface area contributed by atoms with Crippen molar-refractivity contribution in [3.05, 3.63) is 88.4 Å². The first kappa shape index (κ1) is 32.6. The fourth-order valence-electron chi connectivity index (χ4n) is 5.08. The van der Waals surface area contributed by atoms with Crippen molar-refractivity contribution in [1.29, 1.82) is 0 Å². The smallest absolute Gasteiger partial charge is 0.264 e. The average Bonchev–Trinajstić information content (AvgIpc) is 3.00. The lowest BCUT2D eigenvalue weighted by Gasteiger charge is -2.33. The summed E-state index contributed by atoms with van der Waals surface area (Å²) in [6, 6.07) is 18.4. The van der Waals surface area contributed by atoms with Crippen molar-refractivity contribution in [2.24, 2.45) is 0 Å². The third kappa shape index (κ3) is 8.65. The Morgan fingerprint density at radius 2 is 1.49 bits per heavy atom. The Labute approximate surface area is 264 Å². The van der Waals surface area contributed by atoms with Crippen molar-refractivity contribution in [3.8, 4) is 5.75 Å². The Balaban J connectivity index is 1.67. The van der Waals surface area contributed by atoms with Gasteiger partial charge in [-0.05, 0) is 92.9 Å². The Morgan fingerprint density at radius 1 is 0.907 bits per heavy atom. The molecule has 1 saturated carbocycles. The largest absolute Gasteiger partial charge is 0.494 e. The van der Waals surface area contributed by atoms with Crippen molar-refractivity contribution >= 4 is 50.7 Å². The van der Waals surface area contributed by atoms with Gasteiger partial charge < -0.3 is 15.0 Å². The molecule has 1 aliphatic carbocycles. The van der Waals surface area contributed by atoms with Gasteiger partial charge in [0.15, 0.2) is 0 Å². The SMILES string of the molecule is CCOc1ccc(N(CC(=O)N(Cc2ccc(Cl)cc2)C(C)C(=O)NC2CCCCC2)S(=O)(=O)c2ccc(Cl)cc2)cc1. The van der Waals surface area contributed by atoms with Crippen LogP contribution in [0.15, 0.2) is 77.7 Å². The molecule has 0 bridgehead atoms. The van der Waals surface area contributed by atoms with Crippen LogP contribution >= 0.6 is 23.2 Å². The summed E-state index contributed by atoms with van der Waals surface area (Å²) in [5.41, 5.74) is 1.03. The van der Waals surface area contributed by atoms with Gasteiger partial charge in [0.05, 0.1) is 17.2 Å². The number of nitrogens with one attached hydrogen (secondary N) is 1. The van der Waals surface area contributed by atoms with Gasteiger partial charge in [-0.1, -0.05) is 54.6 Å². The number of rotatable bonds is 12. The predicted molar refractivity (Wildman–Crippen MR) is 170 cm³/mol. The molecule has 11 heteroatoms. The molecule has 1 aliphatic rings. The summed E-state index contributed by atoms with van der Waals surface area (Å²) >= 11 is 12.1. The van der Waals surface area contributed by atoms with E-state index in [2.05, 4.69) is 5.32 Å². The minimum absolute atomic E-state index is 0.0223. The fourth-order valence-corrected chi connectivity index (χ4v) is 6.74. The van der Waals surface area contributed by atoms with Crippen molar-refractivity contribution in [3.63, 3.8) is 0 Å². The highest BCUT2D eigenvalue weighted by Gasteiger charge is 2.33. The van der Waals surface area contributed by atoms with Gasteiger partial charge in [0.1, 0.15) is 18.3 Å². The van der Waals surface area contributed by atoms with Crippen molar-refractivity contribution < 1.29 is 22.7 Å². The summed E-state index contributed by atoms with van der Waals surface area (Å²) in [5, 5.41) is 4.03. The first-order valence-corrected chi connectivity index (χ1v) is 16.6. The van der Waals surface area contributed by atoms with E-state index in [4.69, 9.17) is 27.9 Å². The van der Waals surface area contributed by atoms with Crippen LogP contribution < -0.4 is 14.4 Å². The molecule has 2 amide bonds. The minimum Gasteiger partial charge on any atom is -0.494 e. The van der Waals surface area contributed by atoms with E-state index in [1.54, 1.807) is 55.5 Å². The summed E-state index contributed by atoms with van der Waals surface area (Å²) in [5.74, 6) is -0.242. The van der Waals surface area contributed by atoms with Crippen molar-refractivity contribution in [2.75, 3.05) is 17.5 Å². The van der Waals surface area contributed by atoms with E-state index >= 15 is 0 Å². The highest BCUT2D eigenvalue weighted by atomic mass is 35.5. The number of ether oxygens (including phenoxy) is 1. The molecule has 230 valence electrons. The van der Waals surface area contributed by atoms with E-state index in [0.717, 1.165) is 42.0 Å². The second-order valence-corrected chi connectivity index (χ2v) is 13.3. The summed E-state index contributed by atoms with van der Waals surface area (Å²) in [4.78, 5) is 28.9. The third-order valence-corrected chi connectivity index (χ3v) is 9.79. The highest BCUT2D eigenvalue weighted by molar-refractivity contribution is 7.92. The molecule has 1 atom stereocenters. The van der Waals surface area contributed by atoms with Crippen LogP contribution in [0.1, 0.15) is 51.5 Å². The molecule has 0 spiro atoms. The van der Waals surface area contributed by atoms with Crippen LogP contribution in [0.3, 0.4) is 0 Å². The van der Waals surface area contributed by atoms with Crippen LogP contribution in [0.4, 0.5) is 5.69 Å². The van der Waals surface area contributed by atoms with E-state index in [1.165, 1.54) is 29.2 Å². The maximum atomic E-state index is 14.1. The molecule has 0 heterocycles. The summed E-state index contributed by atoms with van der Waals surface area (Å²) in [6.07, 6.45) is 5.04. The zero-order valence-electron chi connectivity index (χ0n) is 24.3. The lowest BCUT2D eigenvalue weighted by molar-refractivity contribution is -0.139. The predicted octanol–water partition coefficient (Wildman–Crippen LogP) is 6.45. The fraction of sp³-hybridized carbons (Fsp3) is 0.375. The lowest BCUT2D eigenvalue weighted by Crippen LogP contribution is -2.53. The second kappa shape index (κ2) is 14.9. The molecule has 8 nitrogen and oxygen atoms in total. The standard InChI is InChI=1S/C32H37Cl2N3O5S/c1-3-42-29-17-15-28(16-18-29)37(43(40,41)30-19-13-26(34)14-20-30)22-31(38)36(21-24-9-11-25(33)12-10-24)23(2)32(39)35-27-7-5-4-6-8-27/h9-20,23,27H,3-8,21-22H2,1-2H3,(H,35,39). The molecule has 0 radical (unpaired) electrons. The number of carbonyl (C=O) groups is 2. The lowest BCUT2D eigenvalue weighted by atomic mass is 9.95. The molecule has 3 aromatic carbocycles. The van der Waals surface area contributed by atoms with Gasteiger partial charge in [0.25, 0.3) is 10.0 Å². The summed E-state index contributed by atoms with van der Waals surface area (Å²) < 4.78 is 34.5. The molecule has 1 fully saturated rings. The zero-order valence-corrected chi connectivity index (χ0v) is 26.7. The quantitative estimate of drug-likeness (QED) is 0.244. The summed E-state index contributed by atoms with van der Waals surface area (Å²) in [7, 11) is -4.20. The number of anilines is 1. The van der Waals surface area contributed by atoms with E-state index in [-0.39, 0.29) is 29.1 Å². The van der Waals surface area contributed by atoms with E-state index in [1.807, 2.05) is 6.92 Å². The molecule has 0 aliphatic heterocycles. The molecule has 4 rings (SSSR count). The van der Waals surface area contributed by atoms with Gasteiger partial charge in [-0.15, -0.1) is 0 Å². The Kier molecular flexibility index (Phi) is 11.3. The number of hydrogen-bond donors (Lipinski definition) is 1. The maximum Gasteiger partial charge on any atom is 0.264 e. The number of carbonyl (C=O) groups excluding carboxylic acids is 2. The number of hydrogen-bond acceptors (Lipinski definition) is 5. The van der Waals surface area contributed by atoms with Crippen molar-refractivity contribution in [1.82, 2.24) is 10.2 Å². The minimum atomic E-state index is -4.20. The zero-order chi connectivity index (χ0) is 31.0. The van der Waals surface area contributed by atoms with Crippen LogP contribution in [0.5, 0.6) is 5.75 Å². The second-order valence-electron chi connectivity index (χ2n) is 10.6. The molecular weight excluding hydrogens is 609 g/mol. The normalized spacial score (nSPS) is 14.5. The molecule has 1 N–H and O–H groups in total. The molecular formula is C32H37Cl2N3O5S. The van der Waals surface area contributed by atoms with Crippen LogP contribution in [0.2, 0.25) is 10.0 Å². The first-order valence-electron chi connectivity index (χ1n) is 14.4. The molecule has 0 saturated heterocycles. The van der Waals surface area contributed by atoms with Gasteiger partial charge >= 0.3 is 0 Å². The van der Waals surface area contributed by atoms with E-state index in [9.17, 15) is 18.0 Å². The van der Waals surface area contributed by atoms with E-state index in [0.29, 0.717) is 22.4 Å². The maximum absolute atomic E-state index is 14.1. The first-order chi connectivity index (χ1) is 20.6. The topological polar surface area (TPSA) is 96.0 Å². The average molecular weight is 647 g/mol. The molecule has 3 aromatic rings. The molecule has 1 unspecified atom stereocenters. The Bertz CT molecular complexity index is 1480. The van der Waals surface area contributed by atoms with Gasteiger partial charge in [-0.25, -0.2) is 8.42 Å². The van der Waals surface area contributed by atoms with Gasteiger partial charge in [0.2, 0.25) is 11.8 Å². The molecule has 43 heavy (non-hydrogen) atoms. The Hall–Kier alpha value is -3.27. The highest BCUT2D eigenvalue weighted by Crippen LogP contribution is 2.28. The number of amides is 2. The number of halogens is 2. The molecule has 0 aromatic heterocycles. The van der Waals surface area contributed by atoms with Crippen LogP contribution in [0, 0.1) is 0 Å². The number of nitrogens with zero attached hydrogens (tertiary/aromatic N) is 2. The van der Waals surface area contributed by atoms with Gasteiger partial charge in [-0.3, -0.25) is 13.9 Å². The van der Waals surface area contributed by atoms with Gasteiger partial charge in [0, 0.05) is 22.6 Å². The van der Waals surface area contributed by atoms with Crippen LogP contribution in [-0.4, -0.2) is 50.4 Å². The monoisotopic (exact) mass is 645 g/mol. The van der Waals surface area contributed by atoms with Gasteiger partial charge in [-0.2, -0.15) is 0 Å². The third-order valence-electron chi connectivity index (χ3n) is 7.50. The summed E-state index contributed by atoms with van der Waals surface area (Å²) in [6.45, 7) is 3.53. The van der Waals surface area contributed by atoms with Crippen molar-refractivity contribution in [2.45, 2.75) is 69.5 Å². The van der Waals surface area contributed by atoms with Crippen LogP contribution in [-0.2, 0) is 26.2 Å². The van der Waals surface area contributed by atoms with Crippen LogP contribution in [0.25, 0.3) is 0 Å². The number of sulfonamides is 1.